The molecule has 98 valence electrons. The zero-order valence-electron chi connectivity index (χ0n) is 11.1. The number of aliphatic hydroxyl groups is 1. The number of benzene rings is 3. The largest absolute Gasteiger partial charge is 0.384 e. The van der Waals surface area contributed by atoms with Crippen molar-refractivity contribution in [2.45, 2.75) is 6.10 Å². The molecular weight excluding hydrogens is 244 g/mol. The third kappa shape index (κ3) is 2.49. The lowest BCUT2D eigenvalue weighted by atomic mass is 9.93. The quantitative estimate of drug-likeness (QED) is 0.738. The van der Waals surface area contributed by atoms with E-state index in [1.54, 1.807) is 0 Å². The third-order valence-corrected chi connectivity index (χ3v) is 3.46. The molecule has 3 aromatic rings. The first-order valence-electron chi connectivity index (χ1n) is 6.73. The van der Waals surface area contributed by atoms with Crippen molar-refractivity contribution in [3.05, 3.63) is 96.1 Å². The van der Waals surface area contributed by atoms with Gasteiger partial charge in [-0.15, -0.1) is 0 Å². The van der Waals surface area contributed by atoms with E-state index in [0.29, 0.717) is 0 Å². The Balaban J connectivity index is 2.07. The summed E-state index contributed by atoms with van der Waals surface area (Å²) in [5.41, 5.74) is 4.04. The van der Waals surface area contributed by atoms with Crippen LogP contribution in [0.2, 0.25) is 0 Å². The van der Waals surface area contributed by atoms with Gasteiger partial charge in [-0.05, 0) is 22.3 Å². The molecule has 0 saturated heterocycles. The molecule has 0 amide bonds. The van der Waals surface area contributed by atoms with Gasteiger partial charge in [0, 0.05) is 0 Å². The van der Waals surface area contributed by atoms with Crippen LogP contribution < -0.4 is 0 Å². The van der Waals surface area contributed by atoms with Crippen molar-refractivity contribution in [1.29, 1.82) is 0 Å². The summed E-state index contributed by atoms with van der Waals surface area (Å²) in [6, 6.07) is 27.9. The highest BCUT2D eigenvalue weighted by Gasteiger charge is 2.14. The molecule has 3 aromatic carbocycles. The number of rotatable bonds is 3. The molecule has 1 unspecified atom stereocenters. The first kappa shape index (κ1) is 12.6. The summed E-state index contributed by atoms with van der Waals surface area (Å²) in [5, 5.41) is 10.6. The van der Waals surface area contributed by atoms with Gasteiger partial charge in [0.1, 0.15) is 6.10 Å². The van der Waals surface area contributed by atoms with Crippen LogP contribution in [0.4, 0.5) is 0 Å². The molecule has 0 aliphatic heterocycles. The summed E-state index contributed by atoms with van der Waals surface area (Å²) in [6.45, 7) is 0. The maximum atomic E-state index is 10.6. The Morgan fingerprint density at radius 3 is 1.85 bits per heavy atom. The molecule has 0 bridgehead atoms. The monoisotopic (exact) mass is 260 g/mol. The van der Waals surface area contributed by atoms with Crippen molar-refractivity contribution in [2.75, 3.05) is 0 Å². The van der Waals surface area contributed by atoms with Gasteiger partial charge < -0.3 is 5.11 Å². The molecule has 0 saturated carbocycles. The Hall–Kier alpha value is -2.38. The van der Waals surface area contributed by atoms with Crippen molar-refractivity contribution >= 4 is 0 Å². The van der Waals surface area contributed by atoms with Gasteiger partial charge in [-0.25, -0.2) is 0 Å². The van der Waals surface area contributed by atoms with Gasteiger partial charge in [0.25, 0.3) is 0 Å². The van der Waals surface area contributed by atoms with E-state index in [1.807, 2.05) is 66.7 Å². The van der Waals surface area contributed by atoms with Crippen LogP contribution in [0.1, 0.15) is 17.2 Å². The second-order valence-electron chi connectivity index (χ2n) is 4.77. The van der Waals surface area contributed by atoms with Crippen LogP contribution in [0.3, 0.4) is 0 Å². The first-order valence-corrected chi connectivity index (χ1v) is 6.73. The topological polar surface area (TPSA) is 20.2 Å². The van der Waals surface area contributed by atoms with Crippen molar-refractivity contribution in [3.8, 4) is 11.1 Å². The van der Waals surface area contributed by atoms with E-state index in [9.17, 15) is 5.11 Å². The normalized spacial score (nSPS) is 12.1. The first-order chi connectivity index (χ1) is 9.86. The third-order valence-electron chi connectivity index (χ3n) is 3.46. The van der Waals surface area contributed by atoms with E-state index in [-0.39, 0.29) is 0 Å². The molecule has 0 aromatic heterocycles. The highest BCUT2D eigenvalue weighted by atomic mass is 16.3. The molecule has 0 aliphatic rings. The van der Waals surface area contributed by atoms with Crippen LogP contribution in [-0.2, 0) is 0 Å². The second-order valence-corrected chi connectivity index (χ2v) is 4.77. The fourth-order valence-electron chi connectivity index (χ4n) is 2.43. The van der Waals surface area contributed by atoms with Gasteiger partial charge in [-0.3, -0.25) is 0 Å². The van der Waals surface area contributed by atoms with E-state index in [0.717, 1.165) is 22.3 Å². The van der Waals surface area contributed by atoms with Gasteiger partial charge >= 0.3 is 0 Å². The van der Waals surface area contributed by atoms with E-state index in [2.05, 4.69) is 18.2 Å². The molecule has 1 heteroatoms. The standard InChI is InChI=1S/C19H16O/c20-19(16-11-5-2-6-12-16)18-14-8-7-13-17(18)15-9-3-1-4-10-15/h1-14,19-20H. The van der Waals surface area contributed by atoms with E-state index in [1.165, 1.54) is 0 Å². The molecule has 1 nitrogen and oxygen atoms in total. The summed E-state index contributed by atoms with van der Waals surface area (Å²) < 4.78 is 0. The minimum absolute atomic E-state index is 0.604. The summed E-state index contributed by atoms with van der Waals surface area (Å²) >= 11 is 0. The van der Waals surface area contributed by atoms with E-state index < -0.39 is 6.10 Å². The van der Waals surface area contributed by atoms with Gasteiger partial charge in [-0.1, -0.05) is 84.9 Å². The Morgan fingerprint density at radius 2 is 1.15 bits per heavy atom. The van der Waals surface area contributed by atoms with Gasteiger partial charge in [0.2, 0.25) is 0 Å². The molecule has 0 fully saturated rings. The smallest absolute Gasteiger partial charge is 0.105 e. The second kappa shape index (κ2) is 5.72. The summed E-state index contributed by atoms with van der Waals surface area (Å²) in [4.78, 5) is 0. The Morgan fingerprint density at radius 1 is 0.600 bits per heavy atom. The lowest BCUT2D eigenvalue weighted by Crippen LogP contribution is -2.01. The predicted octanol–water partition coefficient (Wildman–Crippen LogP) is 4.44. The zero-order valence-corrected chi connectivity index (χ0v) is 11.1. The maximum absolute atomic E-state index is 10.6. The number of hydrogen-bond acceptors (Lipinski definition) is 1. The molecule has 0 heterocycles. The molecule has 1 atom stereocenters. The van der Waals surface area contributed by atoms with Crippen LogP contribution in [0.25, 0.3) is 11.1 Å². The fraction of sp³-hybridized carbons (Fsp3) is 0.0526. The molecule has 0 aliphatic carbocycles. The van der Waals surface area contributed by atoms with Crippen LogP contribution in [-0.4, -0.2) is 5.11 Å². The van der Waals surface area contributed by atoms with Crippen LogP contribution in [0.15, 0.2) is 84.9 Å². The predicted molar refractivity (Wildman–Crippen MR) is 82.4 cm³/mol. The average molecular weight is 260 g/mol. The number of aliphatic hydroxyl groups excluding tert-OH is 1. The fourth-order valence-corrected chi connectivity index (χ4v) is 2.43. The van der Waals surface area contributed by atoms with Crippen molar-refractivity contribution < 1.29 is 5.11 Å². The van der Waals surface area contributed by atoms with Crippen molar-refractivity contribution in [2.24, 2.45) is 0 Å². The van der Waals surface area contributed by atoms with E-state index >= 15 is 0 Å². The molecular formula is C19H16O. The van der Waals surface area contributed by atoms with Gasteiger partial charge in [0.05, 0.1) is 0 Å². The molecule has 1 N–H and O–H groups in total. The number of hydrogen-bond donors (Lipinski definition) is 1. The Kier molecular flexibility index (Phi) is 3.62. The summed E-state index contributed by atoms with van der Waals surface area (Å²) in [5.74, 6) is 0. The van der Waals surface area contributed by atoms with E-state index in [4.69, 9.17) is 0 Å². The van der Waals surface area contributed by atoms with Crippen LogP contribution in [0.5, 0.6) is 0 Å². The summed E-state index contributed by atoms with van der Waals surface area (Å²) in [7, 11) is 0. The van der Waals surface area contributed by atoms with Gasteiger partial charge in [-0.2, -0.15) is 0 Å². The average Bonchev–Trinajstić information content (AvgIpc) is 2.56. The highest BCUT2D eigenvalue weighted by molar-refractivity contribution is 5.68. The zero-order chi connectivity index (χ0) is 13.8. The molecule has 3 rings (SSSR count). The van der Waals surface area contributed by atoms with Crippen molar-refractivity contribution in [3.63, 3.8) is 0 Å². The van der Waals surface area contributed by atoms with Crippen LogP contribution >= 0.6 is 0 Å². The molecule has 20 heavy (non-hydrogen) atoms. The lowest BCUT2D eigenvalue weighted by molar-refractivity contribution is 0.221. The SMILES string of the molecule is OC(c1ccccc1)c1ccccc1-c1ccccc1. The highest BCUT2D eigenvalue weighted by Crippen LogP contribution is 2.31. The lowest BCUT2D eigenvalue weighted by Gasteiger charge is -2.16. The van der Waals surface area contributed by atoms with Crippen molar-refractivity contribution in [1.82, 2.24) is 0 Å². The maximum Gasteiger partial charge on any atom is 0.105 e. The minimum Gasteiger partial charge on any atom is -0.384 e. The molecule has 0 spiro atoms. The molecule has 0 radical (unpaired) electrons. The Bertz CT molecular complexity index is 674. The van der Waals surface area contributed by atoms with Crippen LogP contribution in [0, 0.1) is 0 Å². The minimum atomic E-state index is -0.604. The van der Waals surface area contributed by atoms with Gasteiger partial charge in [0.15, 0.2) is 0 Å². The summed E-state index contributed by atoms with van der Waals surface area (Å²) in [6.07, 6.45) is -0.604. The Labute approximate surface area is 119 Å².